The van der Waals surface area contributed by atoms with Crippen LogP contribution >= 0.6 is 22.7 Å². The van der Waals surface area contributed by atoms with Crippen molar-refractivity contribution in [2.75, 3.05) is 6.54 Å². The van der Waals surface area contributed by atoms with Gasteiger partial charge in [0.25, 0.3) is 0 Å². The molecule has 114 valence electrons. The molecule has 0 amide bonds. The number of likely N-dealkylation sites (tertiary alicyclic amines) is 1. The van der Waals surface area contributed by atoms with Crippen LogP contribution in [0.3, 0.4) is 0 Å². The highest BCUT2D eigenvalue weighted by Crippen LogP contribution is 2.34. The fraction of sp³-hybridized carbons (Fsp3) is 0.357. The molecule has 0 aromatic carbocycles. The van der Waals surface area contributed by atoms with Crippen molar-refractivity contribution in [3.8, 4) is 5.00 Å². The molecule has 0 spiro atoms. The predicted octanol–water partition coefficient (Wildman–Crippen LogP) is 2.35. The van der Waals surface area contributed by atoms with Gasteiger partial charge in [0, 0.05) is 17.5 Å². The first kappa shape index (κ1) is 13.9. The van der Waals surface area contributed by atoms with Gasteiger partial charge >= 0.3 is 5.69 Å². The van der Waals surface area contributed by atoms with Crippen LogP contribution in [-0.4, -0.2) is 31.2 Å². The molecular formula is C14H15N5OS2. The average Bonchev–Trinajstić information content (AvgIpc) is 3.26. The SMILES string of the molecule is O=c1n(CN2CCC[C@H]2c2cccs2)nnn1-c1cccs1. The zero-order valence-electron chi connectivity index (χ0n) is 11.8. The Morgan fingerprint density at radius 2 is 2.05 bits per heavy atom. The first-order valence-electron chi connectivity index (χ1n) is 7.17. The van der Waals surface area contributed by atoms with Gasteiger partial charge in [-0.2, -0.15) is 9.36 Å². The molecule has 3 aromatic rings. The molecule has 0 N–H and O–H groups in total. The number of tetrazole rings is 1. The molecule has 1 aliphatic heterocycles. The predicted molar refractivity (Wildman–Crippen MR) is 86.5 cm³/mol. The lowest BCUT2D eigenvalue weighted by Crippen LogP contribution is -2.33. The maximum atomic E-state index is 12.4. The maximum absolute atomic E-state index is 12.4. The van der Waals surface area contributed by atoms with Crippen LogP contribution in [0.15, 0.2) is 39.8 Å². The van der Waals surface area contributed by atoms with Gasteiger partial charge in [-0.15, -0.1) is 22.7 Å². The molecule has 4 rings (SSSR count). The van der Waals surface area contributed by atoms with E-state index in [1.54, 1.807) is 11.3 Å². The highest BCUT2D eigenvalue weighted by molar-refractivity contribution is 7.12. The van der Waals surface area contributed by atoms with E-state index in [4.69, 9.17) is 0 Å². The third-order valence-electron chi connectivity index (χ3n) is 3.91. The summed E-state index contributed by atoms with van der Waals surface area (Å²) >= 11 is 3.25. The number of aromatic nitrogens is 4. The fourth-order valence-corrected chi connectivity index (χ4v) is 4.43. The Morgan fingerprint density at radius 3 is 2.82 bits per heavy atom. The van der Waals surface area contributed by atoms with Gasteiger partial charge in [-0.05, 0) is 52.2 Å². The second kappa shape index (κ2) is 5.79. The van der Waals surface area contributed by atoms with Gasteiger partial charge in [0.05, 0.1) is 0 Å². The average molecular weight is 333 g/mol. The molecule has 22 heavy (non-hydrogen) atoms. The minimum Gasteiger partial charge on any atom is -0.276 e. The Balaban J connectivity index is 1.58. The Morgan fingerprint density at radius 1 is 1.18 bits per heavy atom. The molecule has 1 aliphatic rings. The van der Waals surface area contributed by atoms with Crippen LogP contribution in [-0.2, 0) is 6.67 Å². The van der Waals surface area contributed by atoms with Gasteiger partial charge in [0.15, 0.2) is 0 Å². The van der Waals surface area contributed by atoms with Crippen LogP contribution in [0.25, 0.3) is 5.00 Å². The Kier molecular flexibility index (Phi) is 3.65. The van der Waals surface area contributed by atoms with Crippen LogP contribution in [0.4, 0.5) is 0 Å². The third-order valence-corrected chi connectivity index (χ3v) is 5.72. The van der Waals surface area contributed by atoms with Crippen molar-refractivity contribution in [1.82, 2.24) is 24.7 Å². The first-order chi connectivity index (χ1) is 10.8. The lowest BCUT2D eigenvalue weighted by Gasteiger charge is -2.22. The molecule has 0 bridgehead atoms. The van der Waals surface area contributed by atoms with E-state index < -0.39 is 0 Å². The Bertz CT molecular complexity index is 790. The number of thiophene rings is 2. The quantitative estimate of drug-likeness (QED) is 0.735. The third kappa shape index (κ3) is 2.43. The topological polar surface area (TPSA) is 56.0 Å². The summed E-state index contributed by atoms with van der Waals surface area (Å²) in [4.78, 5) is 16.1. The van der Waals surface area contributed by atoms with Crippen molar-refractivity contribution in [1.29, 1.82) is 0 Å². The largest absolute Gasteiger partial charge is 0.370 e. The number of hydrogen-bond acceptors (Lipinski definition) is 6. The van der Waals surface area contributed by atoms with Crippen molar-refractivity contribution in [3.63, 3.8) is 0 Å². The van der Waals surface area contributed by atoms with Gasteiger partial charge in [0.1, 0.15) is 11.7 Å². The van der Waals surface area contributed by atoms with Gasteiger partial charge in [0.2, 0.25) is 0 Å². The van der Waals surface area contributed by atoms with E-state index in [1.165, 1.54) is 25.6 Å². The van der Waals surface area contributed by atoms with E-state index in [0.29, 0.717) is 12.7 Å². The highest BCUT2D eigenvalue weighted by Gasteiger charge is 2.27. The van der Waals surface area contributed by atoms with Crippen molar-refractivity contribution in [2.24, 2.45) is 0 Å². The second-order valence-electron chi connectivity index (χ2n) is 5.25. The van der Waals surface area contributed by atoms with Crippen molar-refractivity contribution in [3.05, 3.63) is 50.4 Å². The standard InChI is InChI=1S/C14H15N5OS2/c20-14-18(15-16-19(14)13-6-3-9-22-13)10-17-7-1-4-11(17)12-5-2-8-21-12/h2-3,5-6,8-9,11H,1,4,7,10H2/t11-/m0/s1. The minimum absolute atomic E-state index is 0.181. The zero-order chi connectivity index (χ0) is 14.9. The van der Waals surface area contributed by atoms with E-state index in [0.717, 1.165) is 24.4 Å². The summed E-state index contributed by atoms with van der Waals surface area (Å²) in [6.07, 6.45) is 2.28. The summed E-state index contributed by atoms with van der Waals surface area (Å²) in [5, 5.41) is 12.9. The molecule has 0 unspecified atom stereocenters. The maximum Gasteiger partial charge on any atom is 0.370 e. The molecule has 1 fully saturated rings. The number of nitrogens with zero attached hydrogens (tertiary/aromatic N) is 5. The summed E-state index contributed by atoms with van der Waals surface area (Å²) in [7, 11) is 0. The summed E-state index contributed by atoms with van der Waals surface area (Å²) in [5.41, 5.74) is -0.181. The molecule has 1 saturated heterocycles. The second-order valence-corrected chi connectivity index (χ2v) is 7.16. The molecule has 6 nitrogen and oxygen atoms in total. The monoisotopic (exact) mass is 333 g/mol. The van der Waals surface area contributed by atoms with Crippen LogP contribution in [0, 0.1) is 0 Å². The molecular weight excluding hydrogens is 318 g/mol. The Labute approximate surface area is 135 Å². The highest BCUT2D eigenvalue weighted by atomic mass is 32.1. The lowest BCUT2D eigenvalue weighted by atomic mass is 10.2. The minimum atomic E-state index is -0.181. The summed E-state index contributed by atoms with van der Waals surface area (Å²) < 4.78 is 2.81. The van der Waals surface area contributed by atoms with Gasteiger partial charge < -0.3 is 0 Å². The summed E-state index contributed by atoms with van der Waals surface area (Å²) in [6.45, 7) is 1.48. The van der Waals surface area contributed by atoms with Crippen molar-refractivity contribution in [2.45, 2.75) is 25.6 Å². The first-order valence-corrected chi connectivity index (χ1v) is 8.93. The van der Waals surface area contributed by atoms with Crippen LogP contribution in [0.5, 0.6) is 0 Å². The van der Waals surface area contributed by atoms with E-state index in [2.05, 4.69) is 32.8 Å². The molecule has 0 saturated carbocycles. The molecule has 4 heterocycles. The molecule has 0 aliphatic carbocycles. The molecule has 0 radical (unpaired) electrons. The lowest BCUT2D eigenvalue weighted by molar-refractivity contribution is 0.189. The molecule has 3 aromatic heterocycles. The van der Waals surface area contributed by atoms with Gasteiger partial charge in [-0.3, -0.25) is 4.90 Å². The van der Waals surface area contributed by atoms with Crippen molar-refractivity contribution >= 4 is 22.7 Å². The molecule has 1 atom stereocenters. The normalized spacial score (nSPS) is 19.0. The van der Waals surface area contributed by atoms with Crippen LogP contribution < -0.4 is 5.69 Å². The van der Waals surface area contributed by atoms with Gasteiger partial charge in [-0.25, -0.2) is 4.79 Å². The fourth-order valence-electron chi connectivity index (χ4n) is 2.86. The van der Waals surface area contributed by atoms with Crippen molar-refractivity contribution < 1.29 is 0 Å². The van der Waals surface area contributed by atoms with Gasteiger partial charge in [-0.1, -0.05) is 6.07 Å². The Hall–Kier alpha value is -1.77. The summed E-state index contributed by atoms with van der Waals surface area (Å²) in [6, 6.07) is 8.40. The van der Waals surface area contributed by atoms with Crippen LogP contribution in [0.2, 0.25) is 0 Å². The zero-order valence-corrected chi connectivity index (χ0v) is 13.5. The van der Waals surface area contributed by atoms with E-state index in [-0.39, 0.29) is 5.69 Å². The molecule has 8 heteroatoms. The van der Waals surface area contributed by atoms with E-state index in [1.807, 2.05) is 17.5 Å². The smallest absolute Gasteiger partial charge is 0.276 e. The number of hydrogen-bond donors (Lipinski definition) is 0. The van der Waals surface area contributed by atoms with E-state index >= 15 is 0 Å². The van der Waals surface area contributed by atoms with E-state index in [9.17, 15) is 4.79 Å². The van der Waals surface area contributed by atoms with Crippen LogP contribution in [0.1, 0.15) is 23.8 Å². The summed E-state index contributed by atoms with van der Waals surface area (Å²) in [5.74, 6) is 0. The number of rotatable bonds is 4.